The number of carbonyl (C=O) groups excluding carboxylic acids is 2. The number of amides is 2. The molecular formula is C17H24N2O2S. The molecule has 0 aromatic heterocycles. The molecule has 1 aliphatic rings. The van der Waals surface area contributed by atoms with Crippen molar-refractivity contribution < 1.29 is 9.59 Å². The lowest BCUT2D eigenvalue weighted by Crippen LogP contribution is -2.38. The topological polar surface area (TPSA) is 58.2 Å². The van der Waals surface area contributed by atoms with Crippen LogP contribution in [0.1, 0.15) is 45.2 Å². The Labute approximate surface area is 136 Å². The SMILES string of the molecule is CC(C)Sc1ccc(C(C)NC(=O)CNC(=O)C2CC2)cc1. The van der Waals surface area contributed by atoms with Gasteiger partial charge in [-0.3, -0.25) is 9.59 Å². The van der Waals surface area contributed by atoms with E-state index in [1.54, 1.807) is 0 Å². The first-order chi connectivity index (χ1) is 10.5. The first-order valence-electron chi connectivity index (χ1n) is 7.79. The molecule has 22 heavy (non-hydrogen) atoms. The lowest BCUT2D eigenvalue weighted by atomic mass is 10.1. The van der Waals surface area contributed by atoms with Gasteiger partial charge in [0.2, 0.25) is 11.8 Å². The second kappa shape index (κ2) is 7.68. The average Bonchev–Trinajstić information content (AvgIpc) is 3.29. The predicted molar refractivity (Wildman–Crippen MR) is 89.7 cm³/mol. The minimum Gasteiger partial charge on any atom is -0.348 e. The summed E-state index contributed by atoms with van der Waals surface area (Å²) in [6.45, 7) is 6.33. The van der Waals surface area contributed by atoms with Gasteiger partial charge in [-0.25, -0.2) is 0 Å². The van der Waals surface area contributed by atoms with Gasteiger partial charge in [0.1, 0.15) is 0 Å². The molecule has 1 unspecified atom stereocenters. The largest absolute Gasteiger partial charge is 0.348 e. The molecule has 0 bridgehead atoms. The molecule has 2 amide bonds. The summed E-state index contributed by atoms with van der Waals surface area (Å²) in [4.78, 5) is 24.6. The number of carbonyl (C=O) groups is 2. The number of rotatable bonds is 7. The zero-order valence-corrected chi connectivity index (χ0v) is 14.2. The van der Waals surface area contributed by atoms with Crippen LogP contribution in [-0.2, 0) is 9.59 Å². The molecular weight excluding hydrogens is 296 g/mol. The van der Waals surface area contributed by atoms with Gasteiger partial charge in [0.05, 0.1) is 12.6 Å². The van der Waals surface area contributed by atoms with Crippen LogP contribution in [0.4, 0.5) is 0 Å². The fourth-order valence-electron chi connectivity index (χ4n) is 2.14. The van der Waals surface area contributed by atoms with E-state index in [0.29, 0.717) is 5.25 Å². The number of thioether (sulfide) groups is 1. The van der Waals surface area contributed by atoms with Crippen LogP contribution in [0, 0.1) is 5.92 Å². The maximum atomic E-state index is 11.9. The van der Waals surface area contributed by atoms with Gasteiger partial charge in [0.25, 0.3) is 0 Å². The fourth-order valence-corrected chi connectivity index (χ4v) is 2.98. The molecule has 0 heterocycles. The van der Waals surface area contributed by atoms with Gasteiger partial charge in [-0.1, -0.05) is 26.0 Å². The van der Waals surface area contributed by atoms with E-state index >= 15 is 0 Å². The monoisotopic (exact) mass is 320 g/mol. The summed E-state index contributed by atoms with van der Waals surface area (Å²) >= 11 is 1.82. The van der Waals surface area contributed by atoms with Crippen molar-refractivity contribution in [3.63, 3.8) is 0 Å². The van der Waals surface area contributed by atoms with Crippen molar-refractivity contribution in [2.75, 3.05) is 6.54 Å². The number of benzene rings is 1. The number of hydrogen-bond acceptors (Lipinski definition) is 3. The summed E-state index contributed by atoms with van der Waals surface area (Å²) in [6, 6.07) is 8.18. The molecule has 0 saturated heterocycles. The van der Waals surface area contributed by atoms with Gasteiger partial charge >= 0.3 is 0 Å². The minimum absolute atomic E-state index is 0.00198. The second-order valence-corrected chi connectivity index (χ2v) is 7.67. The van der Waals surface area contributed by atoms with E-state index in [9.17, 15) is 9.59 Å². The molecule has 4 nitrogen and oxygen atoms in total. The summed E-state index contributed by atoms with van der Waals surface area (Å²) in [6.07, 6.45) is 1.90. The Bertz CT molecular complexity index is 524. The molecule has 1 aromatic carbocycles. The summed E-state index contributed by atoms with van der Waals surface area (Å²) in [5, 5.41) is 6.14. The minimum atomic E-state index is -0.151. The molecule has 0 aliphatic heterocycles. The molecule has 1 fully saturated rings. The van der Waals surface area contributed by atoms with Crippen molar-refractivity contribution in [2.45, 2.75) is 49.8 Å². The van der Waals surface area contributed by atoms with Gasteiger partial charge in [-0.2, -0.15) is 0 Å². The molecule has 2 N–H and O–H groups in total. The average molecular weight is 320 g/mol. The van der Waals surface area contributed by atoms with E-state index in [2.05, 4.69) is 36.6 Å². The van der Waals surface area contributed by atoms with Crippen LogP contribution in [0.3, 0.4) is 0 Å². The van der Waals surface area contributed by atoms with Gasteiger partial charge < -0.3 is 10.6 Å². The van der Waals surface area contributed by atoms with Crippen LogP contribution in [0.5, 0.6) is 0 Å². The molecule has 1 saturated carbocycles. The molecule has 1 atom stereocenters. The first-order valence-corrected chi connectivity index (χ1v) is 8.67. The smallest absolute Gasteiger partial charge is 0.239 e. The lowest BCUT2D eigenvalue weighted by Gasteiger charge is -2.15. The van der Waals surface area contributed by atoms with Gasteiger partial charge in [0, 0.05) is 16.1 Å². The summed E-state index contributed by atoms with van der Waals surface area (Å²) < 4.78 is 0. The number of nitrogens with one attached hydrogen (secondary N) is 2. The molecule has 0 spiro atoms. The quantitative estimate of drug-likeness (QED) is 0.760. The fraction of sp³-hybridized carbons (Fsp3) is 0.529. The Morgan fingerprint density at radius 3 is 2.36 bits per heavy atom. The lowest BCUT2D eigenvalue weighted by molar-refractivity contribution is -0.127. The van der Waals surface area contributed by atoms with Crippen molar-refractivity contribution in [2.24, 2.45) is 5.92 Å². The molecule has 2 rings (SSSR count). The molecule has 0 radical (unpaired) electrons. The molecule has 5 heteroatoms. The predicted octanol–water partition coefficient (Wildman–Crippen LogP) is 2.89. The van der Waals surface area contributed by atoms with Gasteiger partial charge in [-0.15, -0.1) is 11.8 Å². The Morgan fingerprint density at radius 2 is 1.82 bits per heavy atom. The highest BCUT2D eigenvalue weighted by molar-refractivity contribution is 7.99. The summed E-state index contributed by atoms with van der Waals surface area (Å²) in [5.74, 6) is -0.0174. The van der Waals surface area contributed by atoms with E-state index in [0.717, 1.165) is 18.4 Å². The van der Waals surface area contributed by atoms with E-state index in [1.807, 2.05) is 30.8 Å². The summed E-state index contributed by atoms with van der Waals surface area (Å²) in [5.41, 5.74) is 1.06. The zero-order chi connectivity index (χ0) is 16.1. The summed E-state index contributed by atoms with van der Waals surface area (Å²) in [7, 11) is 0. The second-order valence-electron chi connectivity index (χ2n) is 6.02. The van der Waals surface area contributed by atoms with Crippen LogP contribution in [-0.4, -0.2) is 23.6 Å². The third kappa shape index (κ3) is 5.37. The van der Waals surface area contributed by atoms with Gasteiger partial charge in [-0.05, 0) is 37.5 Å². The highest BCUT2D eigenvalue weighted by Gasteiger charge is 2.29. The van der Waals surface area contributed by atoms with E-state index < -0.39 is 0 Å². The van der Waals surface area contributed by atoms with Crippen molar-refractivity contribution in [3.05, 3.63) is 29.8 Å². The van der Waals surface area contributed by atoms with Crippen molar-refractivity contribution in [1.29, 1.82) is 0 Å². The third-order valence-electron chi connectivity index (χ3n) is 3.50. The Balaban J connectivity index is 1.78. The van der Waals surface area contributed by atoms with Gasteiger partial charge in [0.15, 0.2) is 0 Å². The van der Waals surface area contributed by atoms with E-state index in [1.165, 1.54) is 4.90 Å². The standard InChI is InChI=1S/C17H24N2O2S/c1-11(2)22-15-8-6-13(7-9-15)12(3)19-16(20)10-18-17(21)14-4-5-14/h6-9,11-12,14H,4-5,10H2,1-3H3,(H,18,21)(H,19,20). The van der Waals surface area contributed by atoms with E-state index in [4.69, 9.17) is 0 Å². The highest BCUT2D eigenvalue weighted by Crippen LogP contribution is 2.28. The Hall–Kier alpha value is -1.49. The Kier molecular flexibility index (Phi) is 5.89. The van der Waals surface area contributed by atoms with Crippen LogP contribution >= 0.6 is 11.8 Å². The number of hydrogen-bond donors (Lipinski definition) is 2. The van der Waals surface area contributed by atoms with E-state index in [-0.39, 0.29) is 30.3 Å². The maximum Gasteiger partial charge on any atom is 0.239 e. The van der Waals surface area contributed by atoms with Crippen LogP contribution in [0.25, 0.3) is 0 Å². The first kappa shape index (κ1) is 16.9. The maximum absolute atomic E-state index is 11.9. The van der Waals surface area contributed by atoms with Crippen LogP contribution < -0.4 is 10.6 Å². The van der Waals surface area contributed by atoms with Crippen molar-refractivity contribution >= 4 is 23.6 Å². The molecule has 120 valence electrons. The highest BCUT2D eigenvalue weighted by atomic mass is 32.2. The van der Waals surface area contributed by atoms with Crippen molar-refractivity contribution in [3.8, 4) is 0 Å². The van der Waals surface area contributed by atoms with Crippen LogP contribution in [0.2, 0.25) is 0 Å². The molecule has 1 aliphatic carbocycles. The zero-order valence-electron chi connectivity index (χ0n) is 13.4. The van der Waals surface area contributed by atoms with Crippen LogP contribution in [0.15, 0.2) is 29.2 Å². The normalized spacial score (nSPS) is 15.5. The third-order valence-corrected chi connectivity index (χ3v) is 4.52. The van der Waals surface area contributed by atoms with Crippen molar-refractivity contribution in [1.82, 2.24) is 10.6 Å². The molecule has 1 aromatic rings. The Morgan fingerprint density at radius 1 is 1.18 bits per heavy atom.